The number of benzene rings is 1. The normalized spacial score (nSPS) is 10.5. The zero-order valence-corrected chi connectivity index (χ0v) is 12.4. The molecular weight excluding hydrogens is 297 g/mol. The van der Waals surface area contributed by atoms with Crippen LogP contribution in [0.5, 0.6) is 0 Å². The first-order valence-electron chi connectivity index (χ1n) is 7.11. The average Bonchev–Trinajstić information content (AvgIpc) is 3.05. The zero-order chi connectivity index (χ0) is 16.2. The molecular formula is C17H14FN3O2. The molecule has 2 aromatic heterocycles. The minimum Gasteiger partial charge on any atom is -0.461 e. The molecule has 3 aromatic rings. The molecule has 23 heavy (non-hydrogen) atoms. The molecule has 3 rings (SSSR count). The van der Waals surface area contributed by atoms with E-state index in [-0.39, 0.29) is 5.69 Å². The minimum absolute atomic E-state index is 0.243. The number of halogens is 1. The Hall–Kier alpha value is -3.02. The summed E-state index contributed by atoms with van der Waals surface area (Å²) in [5.41, 5.74) is 2.62. The van der Waals surface area contributed by atoms with Gasteiger partial charge in [0.1, 0.15) is 6.33 Å². The summed E-state index contributed by atoms with van der Waals surface area (Å²) in [4.78, 5) is 19.3. The fourth-order valence-electron chi connectivity index (χ4n) is 2.20. The molecule has 5 nitrogen and oxygen atoms in total. The van der Waals surface area contributed by atoms with Crippen LogP contribution in [0.3, 0.4) is 0 Å². The van der Waals surface area contributed by atoms with Crippen LogP contribution >= 0.6 is 0 Å². The van der Waals surface area contributed by atoms with E-state index in [4.69, 9.17) is 4.74 Å². The maximum atomic E-state index is 13.3. The Morgan fingerprint density at radius 1 is 1.22 bits per heavy atom. The van der Waals surface area contributed by atoms with E-state index >= 15 is 0 Å². The summed E-state index contributed by atoms with van der Waals surface area (Å²) >= 11 is 0. The third-order valence-electron chi connectivity index (χ3n) is 3.27. The summed E-state index contributed by atoms with van der Waals surface area (Å²) < 4.78 is 19.9. The van der Waals surface area contributed by atoms with E-state index in [9.17, 15) is 9.18 Å². The van der Waals surface area contributed by atoms with Crippen LogP contribution in [0.4, 0.5) is 4.39 Å². The van der Waals surface area contributed by atoms with Crippen molar-refractivity contribution in [3.8, 4) is 16.8 Å². The van der Waals surface area contributed by atoms with Crippen molar-refractivity contribution in [3.05, 3.63) is 66.8 Å². The fraction of sp³-hybridized carbons (Fsp3) is 0.118. The first-order valence-corrected chi connectivity index (χ1v) is 7.11. The van der Waals surface area contributed by atoms with Crippen LogP contribution in [-0.4, -0.2) is 27.1 Å². The van der Waals surface area contributed by atoms with Gasteiger partial charge < -0.3 is 9.30 Å². The lowest BCUT2D eigenvalue weighted by Crippen LogP contribution is -2.04. The number of hydrogen-bond acceptors (Lipinski definition) is 4. The number of esters is 1. The van der Waals surface area contributed by atoms with Crippen molar-refractivity contribution in [2.24, 2.45) is 0 Å². The van der Waals surface area contributed by atoms with Crippen molar-refractivity contribution in [1.82, 2.24) is 14.5 Å². The van der Waals surface area contributed by atoms with Gasteiger partial charge in [0.15, 0.2) is 5.69 Å². The average molecular weight is 311 g/mol. The molecule has 116 valence electrons. The summed E-state index contributed by atoms with van der Waals surface area (Å²) in [5, 5.41) is 0. The lowest BCUT2D eigenvalue weighted by molar-refractivity contribution is 0.0520. The highest BCUT2D eigenvalue weighted by Crippen LogP contribution is 2.22. The van der Waals surface area contributed by atoms with Gasteiger partial charge in [-0.15, -0.1) is 0 Å². The molecule has 0 aliphatic heterocycles. The number of ether oxygens (including phenoxy) is 1. The Bertz CT molecular complexity index is 845. The first kappa shape index (κ1) is 14.9. The highest BCUT2D eigenvalue weighted by Gasteiger charge is 2.11. The number of hydrogen-bond donors (Lipinski definition) is 0. The second-order valence-electron chi connectivity index (χ2n) is 4.80. The molecule has 2 heterocycles. The van der Waals surface area contributed by atoms with Crippen molar-refractivity contribution in [3.63, 3.8) is 0 Å². The third-order valence-corrected chi connectivity index (χ3v) is 3.27. The molecule has 0 amide bonds. The summed E-state index contributed by atoms with van der Waals surface area (Å²) in [6.07, 6.45) is 4.57. The molecule has 0 bridgehead atoms. The molecule has 0 unspecified atom stereocenters. The lowest BCUT2D eigenvalue weighted by Gasteiger charge is -2.06. The SMILES string of the molecule is CCOC(=O)c1cn(-c2cccc(-c3ccnc(F)c3)c2)cn1. The van der Waals surface area contributed by atoms with Gasteiger partial charge in [-0.05, 0) is 36.2 Å². The Balaban J connectivity index is 1.93. The van der Waals surface area contributed by atoms with Crippen LogP contribution in [0.2, 0.25) is 0 Å². The number of pyridine rings is 1. The standard InChI is InChI=1S/C17H14FN3O2/c1-2-23-17(22)15-10-21(11-20-15)14-5-3-4-12(8-14)13-6-7-19-16(18)9-13/h3-11H,2H2,1H3. The van der Waals surface area contributed by atoms with E-state index in [0.29, 0.717) is 6.61 Å². The maximum absolute atomic E-state index is 13.3. The van der Waals surface area contributed by atoms with Crippen LogP contribution in [0, 0.1) is 5.95 Å². The molecule has 0 saturated heterocycles. The van der Waals surface area contributed by atoms with Gasteiger partial charge in [-0.25, -0.2) is 14.8 Å². The van der Waals surface area contributed by atoms with Crippen molar-refractivity contribution in [1.29, 1.82) is 0 Å². The molecule has 0 aliphatic rings. The summed E-state index contributed by atoms with van der Waals surface area (Å²) in [6.45, 7) is 2.04. The van der Waals surface area contributed by atoms with E-state index < -0.39 is 11.9 Å². The van der Waals surface area contributed by atoms with E-state index in [2.05, 4.69) is 9.97 Å². The second kappa shape index (κ2) is 6.39. The van der Waals surface area contributed by atoms with Crippen molar-refractivity contribution < 1.29 is 13.9 Å². The molecule has 6 heteroatoms. The van der Waals surface area contributed by atoms with Crippen LogP contribution < -0.4 is 0 Å². The summed E-state index contributed by atoms with van der Waals surface area (Å²) in [5.74, 6) is -0.987. The van der Waals surface area contributed by atoms with Gasteiger partial charge in [0.2, 0.25) is 5.95 Å². The minimum atomic E-state index is -0.528. The van der Waals surface area contributed by atoms with Crippen molar-refractivity contribution in [2.45, 2.75) is 6.92 Å². The monoisotopic (exact) mass is 311 g/mol. The predicted octanol–water partition coefficient (Wildman–Crippen LogP) is 3.25. The Labute approximate surface area is 132 Å². The first-order chi connectivity index (χ1) is 11.2. The summed E-state index contributed by atoms with van der Waals surface area (Å²) in [7, 11) is 0. The lowest BCUT2D eigenvalue weighted by atomic mass is 10.1. The zero-order valence-electron chi connectivity index (χ0n) is 12.4. The largest absolute Gasteiger partial charge is 0.461 e. The Kier molecular flexibility index (Phi) is 4.14. The number of aromatic nitrogens is 3. The number of carbonyl (C=O) groups is 1. The highest BCUT2D eigenvalue weighted by molar-refractivity contribution is 5.87. The van der Waals surface area contributed by atoms with E-state index in [1.807, 2.05) is 24.3 Å². The molecule has 0 aliphatic carbocycles. The van der Waals surface area contributed by atoms with Crippen LogP contribution in [0.1, 0.15) is 17.4 Å². The van der Waals surface area contributed by atoms with Crippen LogP contribution in [0.15, 0.2) is 55.1 Å². The molecule has 0 spiro atoms. The topological polar surface area (TPSA) is 57.0 Å². The van der Waals surface area contributed by atoms with E-state index in [0.717, 1.165) is 16.8 Å². The molecule has 0 N–H and O–H groups in total. The van der Waals surface area contributed by atoms with Gasteiger partial charge in [-0.1, -0.05) is 12.1 Å². The number of nitrogens with zero attached hydrogens (tertiary/aromatic N) is 3. The molecule has 0 atom stereocenters. The molecule has 1 aromatic carbocycles. The quantitative estimate of drug-likeness (QED) is 0.548. The van der Waals surface area contributed by atoms with Gasteiger partial charge in [-0.2, -0.15) is 4.39 Å². The van der Waals surface area contributed by atoms with Crippen molar-refractivity contribution in [2.75, 3.05) is 6.61 Å². The van der Waals surface area contributed by atoms with Gasteiger partial charge in [0.05, 0.1) is 6.61 Å². The van der Waals surface area contributed by atoms with Gasteiger partial charge in [-0.3, -0.25) is 0 Å². The van der Waals surface area contributed by atoms with Gasteiger partial charge in [0.25, 0.3) is 0 Å². The molecule has 0 saturated carbocycles. The third kappa shape index (κ3) is 3.26. The van der Waals surface area contributed by atoms with E-state index in [1.165, 1.54) is 12.3 Å². The Morgan fingerprint density at radius 2 is 2.04 bits per heavy atom. The molecule has 0 fully saturated rings. The highest BCUT2D eigenvalue weighted by atomic mass is 19.1. The summed E-state index contributed by atoms with van der Waals surface area (Å²) in [6, 6.07) is 10.6. The molecule has 0 radical (unpaired) electrons. The maximum Gasteiger partial charge on any atom is 0.358 e. The number of carbonyl (C=O) groups excluding carboxylic acids is 1. The Morgan fingerprint density at radius 3 is 2.83 bits per heavy atom. The van der Waals surface area contributed by atoms with E-state index in [1.54, 1.807) is 30.1 Å². The van der Waals surface area contributed by atoms with Crippen LogP contribution in [0.25, 0.3) is 16.8 Å². The fourth-order valence-corrected chi connectivity index (χ4v) is 2.20. The number of rotatable bonds is 4. The second-order valence-corrected chi connectivity index (χ2v) is 4.80. The smallest absolute Gasteiger partial charge is 0.358 e. The number of imidazole rings is 1. The van der Waals surface area contributed by atoms with Crippen LogP contribution in [-0.2, 0) is 4.74 Å². The van der Waals surface area contributed by atoms with Gasteiger partial charge in [0, 0.05) is 24.1 Å². The van der Waals surface area contributed by atoms with Crippen molar-refractivity contribution >= 4 is 5.97 Å². The predicted molar refractivity (Wildman–Crippen MR) is 82.7 cm³/mol. The van der Waals surface area contributed by atoms with Gasteiger partial charge >= 0.3 is 5.97 Å².